The fourth-order valence-corrected chi connectivity index (χ4v) is 3.13. The van der Waals surface area contributed by atoms with Gasteiger partial charge in [0.05, 0.1) is 0 Å². The van der Waals surface area contributed by atoms with Gasteiger partial charge in [0.2, 0.25) is 5.91 Å². The van der Waals surface area contributed by atoms with E-state index in [2.05, 4.69) is 48.5 Å². The van der Waals surface area contributed by atoms with E-state index in [-0.39, 0.29) is 5.91 Å². The summed E-state index contributed by atoms with van der Waals surface area (Å²) in [6.07, 6.45) is 3.56. The van der Waals surface area contributed by atoms with Gasteiger partial charge in [-0.3, -0.25) is 4.79 Å². The second-order valence-corrected chi connectivity index (χ2v) is 5.63. The van der Waals surface area contributed by atoms with Crippen LogP contribution in [-0.2, 0) is 11.2 Å². The predicted molar refractivity (Wildman–Crippen MR) is 86.9 cm³/mol. The van der Waals surface area contributed by atoms with Gasteiger partial charge in [0.25, 0.3) is 0 Å². The molecule has 0 unspecified atom stereocenters. The molecule has 102 valence electrons. The van der Waals surface area contributed by atoms with Crippen LogP contribution in [-0.4, -0.2) is 5.91 Å². The van der Waals surface area contributed by atoms with Crippen molar-refractivity contribution in [3.63, 3.8) is 0 Å². The molecule has 2 heteroatoms. The Labute approximate surface area is 122 Å². The van der Waals surface area contributed by atoms with Gasteiger partial charge in [-0.25, -0.2) is 0 Å². The van der Waals surface area contributed by atoms with Gasteiger partial charge in [0.15, 0.2) is 0 Å². The summed E-state index contributed by atoms with van der Waals surface area (Å²) in [7, 11) is 0. The molecule has 0 fully saturated rings. The molecule has 4 rings (SSSR count). The molecule has 0 saturated heterocycles. The van der Waals surface area contributed by atoms with Crippen LogP contribution in [0.25, 0.3) is 27.6 Å². The fourth-order valence-electron chi connectivity index (χ4n) is 3.13. The number of hydrogen-bond donors (Lipinski definition) is 1. The molecule has 3 aromatic rings. The maximum atomic E-state index is 11.4. The molecule has 0 bridgehead atoms. The zero-order chi connectivity index (χ0) is 14.4. The lowest BCUT2D eigenvalue weighted by atomic mass is 9.89. The normalized spacial score (nSPS) is 14.0. The Balaban J connectivity index is 1.98. The summed E-state index contributed by atoms with van der Waals surface area (Å²) >= 11 is 0. The van der Waals surface area contributed by atoms with E-state index in [0.29, 0.717) is 0 Å². The molecule has 0 heterocycles. The molecule has 1 amide bonds. The molecule has 0 radical (unpaired) electrons. The van der Waals surface area contributed by atoms with Gasteiger partial charge in [-0.1, -0.05) is 30.3 Å². The number of nitrogens with two attached hydrogens (primary N) is 1. The maximum Gasteiger partial charge on any atom is 0.244 e. The summed E-state index contributed by atoms with van der Waals surface area (Å²) in [6.45, 7) is 0. The summed E-state index contributed by atoms with van der Waals surface area (Å²) in [4.78, 5) is 11.4. The van der Waals surface area contributed by atoms with Crippen molar-refractivity contribution in [1.82, 2.24) is 0 Å². The first-order valence-corrected chi connectivity index (χ1v) is 7.16. The second-order valence-electron chi connectivity index (χ2n) is 5.63. The summed E-state index contributed by atoms with van der Waals surface area (Å²) in [6, 6.07) is 17.2. The third kappa shape index (κ3) is 2.00. The summed E-state index contributed by atoms with van der Waals surface area (Å²) in [5.41, 5.74) is 8.55. The molecule has 1 aliphatic carbocycles. The van der Waals surface area contributed by atoms with Gasteiger partial charge < -0.3 is 5.73 Å². The van der Waals surface area contributed by atoms with Gasteiger partial charge >= 0.3 is 0 Å². The van der Waals surface area contributed by atoms with Crippen LogP contribution in [0.2, 0.25) is 0 Å². The zero-order valence-corrected chi connectivity index (χ0v) is 11.6. The van der Waals surface area contributed by atoms with Crippen LogP contribution in [0.3, 0.4) is 0 Å². The van der Waals surface area contributed by atoms with E-state index >= 15 is 0 Å². The SMILES string of the molecule is NC(=O)C1=Cc2cc3cc4ccccc4cc3cc2CC1. The first-order chi connectivity index (χ1) is 10.2. The summed E-state index contributed by atoms with van der Waals surface area (Å²) in [5.74, 6) is -0.306. The molecule has 0 saturated carbocycles. The Bertz CT molecular complexity index is 921. The van der Waals surface area contributed by atoms with Crippen LogP contribution in [0.4, 0.5) is 0 Å². The second kappa shape index (κ2) is 4.45. The van der Waals surface area contributed by atoms with Gasteiger partial charge in [-0.2, -0.15) is 0 Å². The van der Waals surface area contributed by atoms with Crippen molar-refractivity contribution in [1.29, 1.82) is 0 Å². The molecule has 0 spiro atoms. The van der Waals surface area contributed by atoms with E-state index in [1.807, 2.05) is 6.08 Å². The monoisotopic (exact) mass is 273 g/mol. The van der Waals surface area contributed by atoms with Crippen LogP contribution < -0.4 is 5.73 Å². The lowest BCUT2D eigenvalue weighted by Crippen LogP contribution is -2.16. The Morgan fingerprint density at radius 1 is 0.857 bits per heavy atom. The maximum absolute atomic E-state index is 11.4. The Morgan fingerprint density at radius 2 is 1.52 bits per heavy atom. The average molecular weight is 273 g/mol. The average Bonchev–Trinajstić information content (AvgIpc) is 2.50. The zero-order valence-electron chi connectivity index (χ0n) is 11.6. The Hall–Kier alpha value is -2.61. The lowest BCUT2D eigenvalue weighted by molar-refractivity contribution is -0.114. The van der Waals surface area contributed by atoms with Crippen LogP contribution in [0, 0.1) is 0 Å². The summed E-state index contributed by atoms with van der Waals surface area (Å²) < 4.78 is 0. The standard InChI is InChI=1S/C19H15NO/c20-19(21)15-6-5-14-9-17-7-12-3-1-2-4-13(12)8-18(17)11-16(14)10-15/h1-4,7-11H,5-6H2,(H2,20,21). The highest BCUT2D eigenvalue weighted by atomic mass is 16.1. The first-order valence-electron chi connectivity index (χ1n) is 7.16. The van der Waals surface area contributed by atoms with Crippen molar-refractivity contribution in [2.24, 2.45) is 5.73 Å². The van der Waals surface area contributed by atoms with Crippen molar-refractivity contribution < 1.29 is 4.79 Å². The highest BCUT2D eigenvalue weighted by Gasteiger charge is 2.14. The van der Waals surface area contributed by atoms with Gasteiger partial charge in [0.1, 0.15) is 0 Å². The number of rotatable bonds is 1. The number of amides is 1. The first kappa shape index (κ1) is 12.2. The minimum Gasteiger partial charge on any atom is -0.366 e. The molecule has 1 aliphatic rings. The number of carbonyl (C=O) groups is 1. The lowest BCUT2D eigenvalue weighted by Gasteiger charge is -2.16. The number of fused-ring (bicyclic) bond motifs is 3. The number of carbonyl (C=O) groups excluding carboxylic acids is 1. The largest absolute Gasteiger partial charge is 0.366 e. The van der Waals surface area contributed by atoms with E-state index < -0.39 is 0 Å². The summed E-state index contributed by atoms with van der Waals surface area (Å²) in [5, 5.41) is 4.95. The molecular weight excluding hydrogens is 258 g/mol. The van der Waals surface area contributed by atoms with Crippen molar-refractivity contribution in [2.75, 3.05) is 0 Å². The van der Waals surface area contributed by atoms with E-state index in [1.54, 1.807) is 0 Å². The third-order valence-corrected chi connectivity index (χ3v) is 4.27. The van der Waals surface area contributed by atoms with Crippen LogP contribution in [0.1, 0.15) is 17.5 Å². The van der Waals surface area contributed by atoms with Crippen molar-refractivity contribution >= 4 is 33.5 Å². The van der Waals surface area contributed by atoms with Crippen LogP contribution >= 0.6 is 0 Å². The van der Waals surface area contributed by atoms with E-state index in [9.17, 15) is 4.79 Å². The molecule has 0 aliphatic heterocycles. The van der Waals surface area contributed by atoms with Crippen molar-refractivity contribution in [2.45, 2.75) is 12.8 Å². The Morgan fingerprint density at radius 3 is 2.19 bits per heavy atom. The predicted octanol–water partition coefficient (Wildman–Crippen LogP) is 3.81. The highest BCUT2D eigenvalue weighted by molar-refractivity contribution is 6.01. The molecular formula is C19H15NO. The smallest absolute Gasteiger partial charge is 0.244 e. The minimum atomic E-state index is -0.306. The number of aryl methyl sites for hydroxylation is 1. The minimum absolute atomic E-state index is 0.306. The number of primary amides is 1. The molecule has 2 nitrogen and oxygen atoms in total. The third-order valence-electron chi connectivity index (χ3n) is 4.27. The van der Waals surface area contributed by atoms with Gasteiger partial charge in [-0.05, 0) is 69.8 Å². The van der Waals surface area contributed by atoms with Crippen molar-refractivity contribution in [3.05, 3.63) is 65.2 Å². The molecule has 3 aromatic carbocycles. The van der Waals surface area contributed by atoms with Crippen molar-refractivity contribution in [3.8, 4) is 0 Å². The van der Waals surface area contributed by atoms with Gasteiger partial charge in [0, 0.05) is 5.57 Å². The number of benzene rings is 3. The van der Waals surface area contributed by atoms with E-state index in [4.69, 9.17) is 5.73 Å². The van der Waals surface area contributed by atoms with Crippen LogP contribution in [0.15, 0.2) is 54.1 Å². The fraction of sp³-hybridized carbons (Fsp3) is 0.105. The molecule has 2 N–H and O–H groups in total. The van der Waals surface area contributed by atoms with Crippen LogP contribution in [0.5, 0.6) is 0 Å². The highest BCUT2D eigenvalue weighted by Crippen LogP contribution is 2.30. The Kier molecular flexibility index (Phi) is 2.58. The molecule has 0 atom stereocenters. The molecule has 0 aromatic heterocycles. The number of hydrogen-bond acceptors (Lipinski definition) is 1. The topological polar surface area (TPSA) is 43.1 Å². The van der Waals surface area contributed by atoms with E-state index in [0.717, 1.165) is 24.0 Å². The van der Waals surface area contributed by atoms with Gasteiger partial charge in [-0.15, -0.1) is 0 Å². The van der Waals surface area contributed by atoms with E-state index in [1.165, 1.54) is 27.1 Å². The molecule has 21 heavy (non-hydrogen) atoms. The quantitative estimate of drug-likeness (QED) is 0.673.